The second kappa shape index (κ2) is 7.27. The quantitative estimate of drug-likeness (QED) is 0.852. The lowest BCUT2D eigenvalue weighted by molar-refractivity contribution is 0.0987. The zero-order valence-corrected chi connectivity index (χ0v) is 13.9. The molecular formula is C17H20N2O3S. The SMILES string of the molecule is CCC(=O)c1ccc2c(=O)[nH]c(CSC3CCOCC3)nc2c1. The monoisotopic (exact) mass is 332 g/mol. The van der Waals surface area contributed by atoms with Crippen LogP contribution in [-0.4, -0.2) is 34.2 Å². The first-order chi connectivity index (χ1) is 11.2. The number of hydrogen-bond acceptors (Lipinski definition) is 5. The van der Waals surface area contributed by atoms with E-state index >= 15 is 0 Å². The lowest BCUT2D eigenvalue weighted by atomic mass is 10.1. The summed E-state index contributed by atoms with van der Waals surface area (Å²) >= 11 is 1.80. The highest BCUT2D eigenvalue weighted by Gasteiger charge is 2.15. The van der Waals surface area contributed by atoms with Crippen molar-refractivity contribution in [3.8, 4) is 0 Å². The highest BCUT2D eigenvalue weighted by molar-refractivity contribution is 7.99. The molecule has 0 bridgehead atoms. The summed E-state index contributed by atoms with van der Waals surface area (Å²) in [7, 11) is 0. The zero-order valence-electron chi connectivity index (χ0n) is 13.1. The van der Waals surface area contributed by atoms with E-state index in [0.29, 0.717) is 39.7 Å². The first-order valence-corrected chi connectivity index (χ1v) is 8.97. The Morgan fingerprint density at radius 2 is 2.17 bits per heavy atom. The Morgan fingerprint density at radius 3 is 2.91 bits per heavy atom. The molecule has 0 aliphatic carbocycles. The van der Waals surface area contributed by atoms with E-state index in [0.717, 1.165) is 26.1 Å². The Hall–Kier alpha value is -1.66. The van der Waals surface area contributed by atoms with Crippen LogP contribution in [0.2, 0.25) is 0 Å². The Kier molecular flexibility index (Phi) is 5.13. The van der Waals surface area contributed by atoms with Gasteiger partial charge in [0.25, 0.3) is 5.56 Å². The lowest BCUT2D eigenvalue weighted by Crippen LogP contribution is -2.18. The summed E-state index contributed by atoms with van der Waals surface area (Å²) in [6, 6.07) is 5.10. The lowest BCUT2D eigenvalue weighted by Gasteiger charge is -2.21. The molecule has 0 spiro atoms. The van der Waals surface area contributed by atoms with E-state index in [2.05, 4.69) is 9.97 Å². The van der Waals surface area contributed by atoms with Gasteiger partial charge in [-0.05, 0) is 25.0 Å². The predicted molar refractivity (Wildman–Crippen MR) is 92.1 cm³/mol. The highest BCUT2D eigenvalue weighted by atomic mass is 32.2. The minimum atomic E-state index is -0.145. The number of benzene rings is 1. The number of carbonyl (C=O) groups is 1. The van der Waals surface area contributed by atoms with Crippen molar-refractivity contribution in [1.82, 2.24) is 9.97 Å². The summed E-state index contributed by atoms with van der Waals surface area (Å²) in [4.78, 5) is 31.4. The van der Waals surface area contributed by atoms with E-state index in [-0.39, 0.29) is 11.3 Å². The molecule has 1 aromatic carbocycles. The van der Waals surface area contributed by atoms with Crippen molar-refractivity contribution >= 4 is 28.4 Å². The van der Waals surface area contributed by atoms with Gasteiger partial charge in [-0.2, -0.15) is 11.8 Å². The van der Waals surface area contributed by atoms with Crippen LogP contribution in [0.5, 0.6) is 0 Å². The molecule has 1 N–H and O–H groups in total. The second-order valence-corrected chi connectivity index (χ2v) is 6.93. The minimum absolute atomic E-state index is 0.0621. The van der Waals surface area contributed by atoms with Crippen LogP contribution in [0.25, 0.3) is 10.9 Å². The average Bonchev–Trinajstić information content (AvgIpc) is 2.59. The molecule has 122 valence electrons. The van der Waals surface area contributed by atoms with E-state index in [4.69, 9.17) is 4.74 Å². The fourth-order valence-corrected chi connectivity index (χ4v) is 3.73. The third-order valence-corrected chi connectivity index (χ3v) is 5.41. The van der Waals surface area contributed by atoms with Crippen LogP contribution in [0.15, 0.2) is 23.0 Å². The van der Waals surface area contributed by atoms with Gasteiger partial charge in [-0.1, -0.05) is 13.0 Å². The van der Waals surface area contributed by atoms with Crippen molar-refractivity contribution in [3.63, 3.8) is 0 Å². The van der Waals surface area contributed by atoms with Crippen LogP contribution in [0.3, 0.4) is 0 Å². The Labute approximate surface area is 138 Å². The normalized spacial score (nSPS) is 15.9. The first kappa shape index (κ1) is 16.2. The maximum atomic E-state index is 12.2. The molecule has 0 amide bonds. The van der Waals surface area contributed by atoms with E-state index in [1.54, 1.807) is 30.0 Å². The summed E-state index contributed by atoms with van der Waals surface area (Å²) in [5, 5.41) is 1.08. The van der Waals surface area contributed by atoms with Crippen LogP contribution < -0.4 is 5.56 Å². The molecule has 1 aromatic heterocycles. The molecule has 1 aliphatic heterocycles. The van der Waals surface area contributed by atoms with Gasteiger partial charge in [-0.15, -0.1) is 0 Å². The van der Waals surface area contributed by atoms with Crippen molar-refractivity contribution in [1.29, 1.82) is 0 Å². The van der Waals surface area contributed by atoms with Gasteiger partial charge in [0.1, 0.15) is 5.82 Å². The van der Waals surface area contributed by atoms with Crippen LogP contribution in [0.1, 0.15) is 42.4 Å². The van der Waals surface area contributed by atoms with Gasteiger partial charge in [0, 0.05) is 30.4 Å². The maximum Gasteiger partial charge on any atom is 0.258 e. The Bertz CT molecular complexity index is 766. The molecule has 0 unspecified atom stereocenters. The van der Waals surface area contributed by atoms with Crippen molar-refractivity contribution < 1.29 is 9.53 Å². The molecule has 23 heavy (non-hydrogen) atoms. The first-order valence-electron chi connectivity index (χ1n) is 7.93. The van der Waals surface area contributed by atoms with Gasteiger partial charge in [0.15, 0.2) is 5.78 Å². The maximum absolute atomic E-state index is 12.2. The minimum Gasteiger partial charge on any atom is -0.381 e. The largest absolute Gasteiger partial charge is 0.381 e. The zero-order chi connectivity index (χ0) is 16.2. The van der Waals surface area contributed by atoms with Crippen LogP contribution in [0.4, 0.5) is 0 Å². The van der Waals surface area contributed by atoms with Gasteiger partial charge >= 0.3 is 0 Å². The number of Topliss-reactive ketones (excluding diaryl/α,β-unsaturated/α-hetero) is 1. The standard InChI is InChI=1S/C17H20N2O3S/c1-2-15(20)11-3-4-13-14(9-11)18-16(19-17(13)21)10-23-12-5-7-22-8-6-12/h3-4,9,12H,2,5-8,10H2,1H3,(H,18,19,21). The number of thioether (sulfide) groups is 1. The summed E-state index contributed by atoms with van der Waals surface area (Å²) in [6.07, 6.45) is 2.52. The number of fused-ring (bicyclic) bond motifs is 1. The van der Waals surface area contributed by atoms with Crippen molar-refractivity contribution in [2.75, 3.05) is 13.2 Å². The van der Waals surface area contributed by atoms with Gasteiger partial charge in [-0.3, -0.25) is 9.59 Å². The van der Waals surface area contributed by atoms with E-state index < -0.39 is 0 Å². The summed E-state index contributed by atoms with van der Waals surface area (Å²) in [5.74, 6) is 1.40. The van der Waals surface area contributed by atoms with Gasteiger partial charge in [0.05, 0.1) is 16.7 Å². The molecule has 0 radical (unpaired) electrons. The molecule has 3 rings (SSSR count). The number of ether oxygens (including phenoxy) is 1. The molecular weight excluding hydrogens is 312 g/mol. The van der Waals surface area contributed by atoms with E-state index in [9.17, 15) is 9.59 Å². The summed E-state index contributed by atoms with van der Waals surface area (Å²) in [6.45, 7) is 3.44. The second-order valence-electron chi connectivity index (χ2n) is 5.64. The number of H-pyrrole nitrogens is 1. The number of rotatable bonds is 5. The molecule has 1 saturated heterocycles. The number of nitrogens with one attached hydrogen (secondary N) is 1. The van der Waals surface area contributed by atoms with Crippen molar-refractivity contribution in [3.05, 3.63) is 39.9 Å². The van der Waals surface area contributed by atoms with Crippen molar-refractivity contribution in [2.24, 2.45) is 0 Å². The van der Waals surface area contributed by atoms with Crippen LogP contribution in [-0.2, 0) is 10.5 Å². The van der Waals surface area contributed by atoms with E-state index in [1.165, 1.54) is 0 Å². The van der Waals surface area contributed by atoms with Gasteiger partial charge in [0.2, 0.25) is 0 Å². The molecule has 0 atom stereocenters. The average molecular weight is 332 g/mol. The molecule has 2 aromatic rings. The predicted octanol–water partition coefficient (Wildman–Crippen LogP) is 2.93. The van der Waals surface area contributed by atoms with Crippen molar-refractivity contribution in [2.45, 2.75) is 37.2 Å². The third kappa shape index (κ3) is 3.82. The number of carbonyl (C=O) groups excluding carboxylic acids is 1. The molecule has 1 aliphatic rings. The van der Waals surface area contributed by atoms with Crippen LogP contribution >= 0.6 is 11.8 Å². The number of nitrogens with zero attached hydrogens (tertiary/aromatic N) is 1. The molecule has 2 heterocycles. The highest BCUT2D eigenvalue weighted by Crippen LogP contribution is 2.24. The fourth-order valence-electron chi connectivity index (χ4n) is 2.67. The third-order valence-electron chi connectivity index (χ3n) is 4.02. The number of aromatic amines is 1. The van der Waals surface area contributed by atoms with Crippen LogP contribution in [0, 0.1) is 0 Å². The van der Waals surface area contributed by atoms with E-state index in [1.807, 2.05) is 6.92 Å². The van der Waals surface area contributed by atoms with Gasteiger partial charge < -0.3 is 9.72 Å². The number of aromatic nitrogens is 2. The fraction of sp³-hybridized carbons (Fsp3) is 0.471. The molecule has 0 saturated carbocycles. The summed E-state index contributed by atoms with van der Waals surface area (Å²) < 4.78 is 5.36. The molecule has 5 nitrogen and oxygen atoms in total. The Balaban J connectivity index is 1.83. The smallest absolute Gasteiger partial charge is 0.258 e. The number of ketones is 1. The molecule has 1 fully saturated rings. The Morgan fingerprint density at radius 1 is 1.39 bits per heavy atom. The topological polar surface area (TPSA) is 72.0 Å². The van der Waals surface area contributed by atoms with Gasteiger partial charge in [-0.25, -0.2) is 4.98 Å². The number of hydrogen-bond donors (Lipinski definition) is 1. The molecule has 6 heteroatoms. The summed E-state index contributed by atoms with van der Waals surface area (Å²) in [5.41, 5.74) is 1.06.